The summed E-state index contributed by atoms with van der Waals surface area (Å²) >= 11 is 3.46. The van der Waals surface area contributed by atoms with Gasteiger partial charge in [-0.3, -0.25) is 9.59 Å². The van der Waals surface area contributed by atoms with Gasteiger partial charge in [-0.15, -0.1) is 0 Å². The van der Waals surface area contributed by atoms with E-state index in [9.17, 15) is 9.59 Å². The van der Waals surface area contributed by atoms with E-state index in [0.717, 1.165) is 28.6 Å². The molecule has 1 aromatic rings. The highest BCUT2D eigenvalue weighted by Gasteiger charge is 2.24. The molecule has 21 heavy (non-hydrogen) atoms. The fourth-order valence-corrected chi connectivity index (χ4v) is 2.51. The molecule has 0 unspecified atom stereocenters. The molecular weight excluding hydrogens is 334 g/mol. The second-order valence-electron chi connectivity index (χ2n) is 5.43. The van der Waals surface area contributed by atoms with E-state index in [2.05, 4.69) is 26.6 Å². The van der Waals surface area contributed by atoms with Gasteiger partial charge in [-0.1, -0.05) is 6.07 Å². The first-order valence-electron chi connectivity index (χ1n) is 6.99. The van der Waals surface area contributed by atoms with Crippen LogP contribution in [0.1, 0.15) is 18.4 Å². The van der Waals surface area contributed by atoms with Crippen molar-refractivity contribution in [1.82, 2.24) is 10.2 Å². The fourth-order valence-electron chi connectivity index (χ4n) is 1.87. The molecule has 114 valence electrons. The van der Waals surface area contributed by atoms with Gasteiger partial charge in [0.15, 0.2) is 0 Å². The third-order valence-corrected chi connectivity index (χ3v) is 3.96. The average Bonchev–Trinajstić information content (AvgIpc) is 3.21. The monoisotopic (exact) mass is 353 g/mol. The molecular formula is C15H20BrN3O2. The molecule has 0 aliphatic heterocycles. The zero-order chi connectivity index (χ0) is 15.4. The van der Waals surface area contributed by atoms with Crippen molar-refractivity contribution in [1.29, 1.82) is 0 Å². The zero-order valence-corrected chi connectivity index (χ0v) is 13.9. The van der Waals surface area contributed by atoms with Gasteiger partial charge in [-0.25, -0.2) is 0 Å². The summed E-state index contributed by atoms with van der Waals surface area (Å²) in [5.74, 6) is -0.210. The highest BCUT2D eigenvalue weighted by molar-refractivity contribution is 9.10. The SMILES string of the molecule is Cc1ccc(NCC(=O)N(C)CC(=O)NC2CC2)c(Br)c1. The van der Waals surface area contributed by atoms with Gasteiger partial charge in [0.25, 0.3) is 0 Å². The third kappa shape index (κ3) is 5.04. The second-order valence-corrected chi connectivity index (χ2v) is 6.28. The van der Waals surface area contributed by atoms with Crippen LogP contribution in [0.25, 0.3) is 0 Å². The van der Waals surface area contributed by atoms with Gasteiger partial charge in [0.1, 0.15) is 0 Å². The number of carbonyl (C=O) groups is 2. The molecule has 0 heterocycles. The Balaban J connectivity index is 1.78. The van der Waals surface area contributed by atoms with Gasteiger partial charge in [-0.05, 0) is 53.4 Å². The highest BCUT2D eigenvalue weighted by Crippen LogP contribution is 2.23. The molecule has 1 saturated carbocycles. The molecule has 1 aromatic carbocycles. The molecule has 0 saturated heterocycles. The highest BCUT2D eigenvalue weighted by atomic mass is 79.9. The Hall–Kier alpha value is -1.56. The minimum atomic E-state index is -0.117. The standard InChI is InChI=1S/C15H20BrN3O2/c1-10-3-6-13(12(16)7-10)17-8-15(21)19(2)9-14(20)18-11-4-5-11/h3,6-7,11,17H,4-5,8-9H2,1-2H3,(H,18,20). The smallest absolute Gasteiger partial charge is 0.242 e. The fraction of sp³-hybridized carbons (Fsp3) is 0.467. The number of anilines is 1. The summed E-state index contributed by atoms with van der Waals surface area (Å²) < 4.78 is 0.921. The molecule has 0 aromatic heterocycles. The summed E-state index contributed by atoms with van der Waals surface area (Å²) in [6, 6.07) is 6.21. The van der Waals surface area contributed by atoms with E-state index in [4.69, 9.17) is 0 Å². The molecule has 1 aliphatic rings. The topological polar surface area (TPSA) is 61.4 Å². The van der Waals surface area contributed by atoms with E-state index in [1.54, 1.807) is 7.05 Å². The van der Waals surface area contributed by atoms with E-state index in [0.29, 0.717) is 6.04 Å². The maximum atomic E-state index is 12.0. The van der Waals surface area contributed by atoms with Crippen molar-refractivity contribution in [2.24, 2.45) is 0 Å². The number of benzene rings is 1. The lowest BCUT2D eigenvalue weighted by Gasteiger charge is -2.18. The number of hydrogen-bond acceptors (Lipinski definition) is 3. The van der Waals surface area contributed by atoms with E-state index >= 15 is 0 Å². The van der Waals surface area contributed by atoms with Crippen molar-refractivity contribution < 1.29 is 9.59 Å². The van der Waals surface area contributed by atoms with Crippen molar-refractivity contribution in [2.45, 2.75) is 25.8 Å². The van der Waals surface area contributed by atoms with Gasteiger partial charge in [0.05, 0.1) is 13.1 Å². The van der Waals surface area contributed by atoms with Crippen LogP contribution >= 0.6 is 15.9 Å². The molecule has 1 fully saturated rings. The van der Waals surface area contributed by atoms with Gasteiger partial charge in [-0.2, -0.15) is 0 Å². The molecule has 2 N–H and O–H groups in total. The molecule has 6 heteroatoms. The van der Waals surface area contributed by atoms with Crippen molar-refractivity contribution in [3.8, 4) is 0 Å². The van der Waals surface area contributed by atoms with Crippen LogP contribution in [-0.4, -0.2) is 42.9 Å². The minimum Gasteiger partial charge on any atom is -0.375 e. The summed E-state index contributed by atoms with van der Waals surface area (Å²) in [6.45, 7) is 2.27. The molecule has 2 amide bonds. The summed E-state index contributed by atoms with van der Waals surface area (Å²) in [4.78, 5) is 25.1. The first kappa shape index (κ1) is 15.8. The van der Waals surface area contributed by atoms with E-state index in [-0.39, 0.29) is 24.9 Å². The summed E-state index contributed by atoms with van der Waals surface area (Å²) in [7, 11) is 1.64. The number of rotatable bonds is 6. The number of amides is 2. The predicted molar refractivity (Wildman–Crippen MR) is 86.2 cm³/mol. The molecule has 0 spiro atoms. The van der Waals surface area contributed by atoms with Gasteiger partial charge >= 0.3 is 0 Å². The number of hydrogen-bond donors (Lipinski definition) is 2. The van der Waals surface area contributed by atoms with Crippen molar-refractivity contribution >= 4 is 33.4 Å². The normalized spacial score (nSPS) is 13.7. The van der Waals surface area contributed by atoms with Gasteiger partial charge in [0, 0.05) is 23.2 Å². The Bertz CT molecular complexity index is 544. The van der Waals surface area contributed by atoms with E-state index in [1.165, 1.54) is 4.90 Å². The number of nitrogens with zero attached hydrogens (tertiary/aromatic N) is 1. The summed E-state index contributed by atoms with van der Waals surface area (Å²) in [6.07, 6.45) is 2.10. The summed E-state index contributed by atoms with van der Waals surface area (Å²) in [5, 5.41) is 5.95. The Kier molecular flexibility index (Phi) is 5.22. The van der Waals surface area contributed by atoms with Crippen LogP contribution in [0, 0.1) is 6.92 Å². The van der Waals surface area contributed by atoms with E-state index < -0.39 is 0 Å². The molecule has 1 aliphatic carbocycles. The van der Waals surface area contributed by atoms with Crippen LogP contribution in [0.3, 0.4) is 0 Å². The Morgan fingerprint density at radius 3 is 2.71 bits per heavy atom. The molecule has 0 atom stereocenters. The lowest BCUT2D eigenvalue weighted by atomic mass is 10.2. The van der Waals surface area contributed by atoms with Crippen LogP contribution in [0.4, 0.5) is 5.69 Å². The maximum absolute atomic E-state index is 12.0. The summed E-state index contributed by atoms with van der Waals surface area (Å²) in [5.41, 5.74) is 2.01. The van der Waals surface area contributed by atoms with E-state index in [1.807, 2.05) is 25.1 Å². The van der Waals surface area contributed by atoms with Crippen molar-refractivity contribution in [3.63, 3.8) is 0 Å². The minimum absolute atomic E-state index is 0.0927. The predicted octanol–water partition coefficient (Wildman–Crippen LogP) is 1.91. The van der Waals surface area contributed by atoms with Crippen LogP contribution in [-0.2, 0) is 9.59 Å². The molecule has 2 rings (SSSR count). The van der Waals surface area contributed by atoms with Crippen molar-refractivity contribution in [2.75, 3.05) is 25.5 Å². The zero-order valence-electron chi connectivity index (χ0n) is 12.3. The van der Waals surface area contributed by atoms with Gasteiger partial charge in [0.2, 0.25) is 11.8 Å². The van der Waals surface area contributed by atoms with Crippen molar-refractivity contribution in [3.05, 3.63) is 28.2 Å². The molecule has 5 nitrogen and oxygen atoms in total. The molecule has 0 radical (unpaired) electrons. The number of halogens is 1. The second kappa shape index (κ2) is 6.93. The first-order chi connectivity index (χ1) is 9.95. The average molecular weight is 354 g/mol. The van der Waals surface area contributed by atoms with Crippen LogP contribution < -0.4 is 10.6 Å². The van der Waals surface area contributed by atoms with Gasteiger partial charge < -0.3 is 15.5 Å². The number of carbonyl (C=O) groups excluding carboxylic acids is 2. The first-order valence-corrected chi connectivity index (χ1v) is 7.78. The van der Waals surface area contributed by atoms with Crippen LogP contribution in [0.2, 0.25) is 0 Å². The number of aryl methyl sites for hydroxylation is 1. The lowest BCUT2D eigenvalue weighted by Crippen LogP contribution is -2.41. The Morgan fingerprint density at radius 1 is 1.38 bits per heavy atom. The van der Waals surface area contributed by atoms with Crippen LogP contribution in [0.15, 0.2) is 22.7 Å². The number of likely N-dealkylation sites (N-methyl/N-ethyl adjacent to an activating group) is 1. The number of nitrogens with one attached hydrogen (secondary N) is 2. The quantitative estimate of drug-likeness (QED) is 0.821. The maximum Gasteiger partial charge on any atom is 0.242 e. The largest absolute Gasteiger partial charge is 0.375 e. The molecule has 0 bridgehead atoms. The lowest BCUT2D eigenvalue weighted by molar-refractivity contribution is -0.133. The Labute approximate surface area is 133 Å². The van der Waals surface area contributed by atoms with Crippen LogP contribution in [0.5, 0.6) is 0 Å². The Morgan fingerprint density at radius 2 is 2.10 bits per heavy atom. The third-order valence-electron chi connectivity index (χ3n) is 3.30.